The van der Waals surface area contributed by atoms with Gasteiger partial charge in [-0.15, -0.1) is 11.3 Å². The molecule has 11 heteroatoms. The Morgan fingerprint density at radius 1 is 1.08 bits per heavy atom. The van der Waals surface area contributed by atoms with Gasteiger partial charge in [0.1, 0.15) is 28.2 Å². The molecule has 0 spiro atoms. The van der Waals surface area contributed by atoms with Crippen molar-refractivity contribution in [2.24, 2.45) is 0 Å². The number of benzene rings is 2. The topological polar surface area (TPSA) is 102 Å². The second-order valence-corrected chi connectivity index (χ2v) is 12.0. The molecule has 1 aromatic heterocycles. The second kappa shape index (κ2) is 11.4. The number of hydrogen-bond donors (Lipinski definition) is 1. The lowest BCUT2D eigenvalue weighted by molar-refractivity contribution is -0.124. The zero-order valence-corrected chi connectivity index (χ0v) is 21.9. The van der Waals surface area contributed by atoms with Crippen molar-refractivity contribution in [3.8, 4) is 5.75 Å². The number of nitrogens with zero attached hydrogens (tertiary/aromatic N) is 1. The molecule has 0 bridgehead atoms. The van der Waals surface area contributed by atoms with Crippen LogP contribution in [-0.4, -0.2) is 44.3 Å². The third kappa shape index (κ3) is 5.89. The maximum atomic E-state index is 13.0. The van der Waals surface area contributed by atoms with E-state index in [0.29, 0.717) is 35.0 Å². The molecule has 1 saturated heterocycles. The molecule has 36 heavy (non-hydrogen) atoms. The standard InChI is InChI=1S/C25H25ClN2O6S2/c1-33-25(30)19-5-2-3-7-21(19)34-16-18-10-8-17(9-11-18)15-27-24(29)20-6-4-14-28(20)36(31,32)23-13-12-22(26)35-23/h2-3,5,7-13,20H,4,6,14-16H2,1H3,(H,27,29)/t20-/m0/s1. The van der Waals surface area contributed by atoms with Gasteiger partial charge < -0.3 is 14.8 Å². The van der Waals surface area contributed by atoms with Gasteiger partial charge in [0, 0.05) is 13.1 Å². The van der Waals surface area contributed by atoms with Crippen molar-refractivity contribution >= 4 is 44.8 Å². The molecule has 2 heterocycles. The average molecular weight is 549 g/mol. The molecule has 1 fully saturated rings. The summed E-state index contributed by atoms with van der Waals surface area (Å²) in [7, 11) is -2.46. The third-order valence-electron chi connectivity index (χ3n) is 5.79. The first-order valence-electron chi connectivity index (χ1n) is 11.2. The molecule has 2 aromatic carbocycles. The van der Waals surface area contributed by atoms with Crippen LogP contribution in [0.1, 0.15) is 34.3 Å². The number of esters is 1. The van der Waals surface area contributed by atoms with Crippen LogP contribution >= 0.6 is 22.9 Å². The van der Waals surface area contributed by atoms with Crippen LogP contribution in [0.4, 0.5) is 0 Å². The van der Waals surface area contributed by atoms with E-state index in [9.17, 15) is 18.0 Å². The van der Waals surface area contributed by atoms with E-state index < -0.39 is 22.0 Å². The van der Waals surface area contributed by atoms with Gasteiger partial charge in [0.15, 0.2) is 0 Å². The molecule has 190 valence electrons. The van der Waals surface area contributed by atoms with Gasteiger partial charge >= 0.3 is 5.97 Å². The number of rotatable bonds is 9. The van der Waals surface area contributed by atoms with E-state index in [1.165, 1.54) is 23.5 Å². The summed E-state index contributed by atoms with van der Waals surface area (Å²) in [5.41, 5.74) is 2.09. The summed E-state index contributed by atoms with van der Waals surface area (Å²) in [5.74, 6) is -0.364. The Morgan fingerprint density at radius 2 is 1.81 bits per heavy atom. The highest BCUT2D eigenvalue weighted by atomic mass is 35.5. The summed E-state index contributed by atoms with van der Waals surface area (Å²) in [6, 6.07) is 16.6. The molecule has 4 rings (SSSR count). The van der Waals surface area contributed by atoms with Gasteiger partial charge in [-0.2, -0.15) is 4.31 Å². The number of carbonyl (C=O) groups excluding carboxylic acids is 2. The van der Waals surface area contributed by atoms with E-state index in [0.717, 1.165) is 22.5 Å². The van der Waals surface area contributed by atoms with Crippen LogP contribution in [0.3, 0.4) is 0 Å². The maximum absolute atomic E-state index is 13.0. The smallest absolute Gasteiger partial charge is 0.341 e. The molecular weight excluding hydrogens is 524 g/mol. The highest BCUT2D eigenvalue weighted by molar-refractivity contribution is 7.91. The Morgan fingerprint density at radius 3 is 2.50 bits per heavy atom. The summed E-state index contributed by atoms with van der Waals surface area (Å²) in [6.07, 6.45) is 1.08. The predicted molar refractivity (Wildman–Crippen MR) is 137 cm³/mol. The molecule has 3 aromatic rings. The monoisotopic (exact) mass is 548 g/mol. The molecule has 0 unspecified atom stereocenters. The Bertz CT molecular complexity index is 1340. The number of amides is 1. The minimum atomic E-state index is -3.78. The van der Waals surface area contributed by atoms with E-state index in [2.05, 4.69) is 5.32 Å². The molecule has 8 nitrogen and oxygen atoms in total. The van der Waals surface area contributed by atoms with Gasteiger partial charge in [-0.05, 0) is 48.2 Å². The van der Waals surface area contributed by atoms with Crippen molar-refractivity contribution in [2.45, 2.75) is 36.2 Å². The fourth-order valence-electron chi connectivity index (χ4n) is 3.93. The number of halogens is 1. The third-order valence-corrected chi connectivity index (χ3v) is 9.40. The zero-order valence-electron chi connectivity index (χ0n) is 19.5. The summed E-state index contributed by atoms with van der Waals surface area (Å²) in [5, 5.41) is 2.85. The van der Waals surface area contributed by atoms with Gasteiger partial charge in [0.05, 0.1) is 11.4 Å². The van der Waals surface area contributed by atoms with E-state index in [4.69, 9.17) is 21.1 Å². The van der Waals surface area contributed by atoms with Gasteiger partial charge in [-0.25, -0.2) is 13.2 Å². The number of thiophene rings is 1. The molecular formula is C25H25ClN2O6S2. The lowest BCUT2D eigenvalue weighted by atomic mass is 10.1. The molecule has 1 atom stereocenters. The first-order valence-corrected chi connectivity index (χ1v) is 13.9. The van der Waals surface area contributed by atoms with Gasteiger partial charge in [-0.3, -0.25) is 4.79 Å². The van der Waals surface area contributed by atoms with Crippen molar-refractivity contribution in [1.29, 1.82) is 0 Å². The number of hydrogen-bond acceptors (Lipinski definition) is 7. The molecule has 0 saturated carbocycles. The number of ether oxygens (including phenoxy) is 2. The molecule has 0 radical (unpaired) electrons. The number of para-hydroxylation sites is 1. The normalized spacial score (nSPS) is 16.0. The van der Waals surface area contributed by atoms with E-state index in [-0.39, 0.29) is 23.3 Å². The Balaban J connectivity index is 1.33. The summed E-state index contributed by atoms with van der Waals surface area (Å²) in [4.78, 5) is 24.7. The SMILES string of the molecule is COC(=O)c1ccccc1OCc1ccc(CNC(=O)[C@@H]2CCCN2S(=O)(=O)c2ccc(Cl)s2)cc1. The lowest BCUT2D eigenvalue weighted by Crippen LogP contribution is -2.45. The maximum Gasteiger partial charge on any atom is 0.341 e. The summed E-state index contributed by atoms with van der Waals surface area (Å²) in [6.45, 7) is 0.812. The first kappa shape index (κ1) is 26.2. The highest BCUT2D eigenvalue weighted by Crippen LogP contribution is 2.32. The number of sulfonamides is 1. The largest absolute Gasteiger partial charge is 0.488 e. The number of nitrogens with one attached hydrogen (secondary N) is 1. The lowest BCUT2D eigenvalue weighted by Gasteiger charge is -2.22. The van der Waals surface area contributed by atoms with E-state index >= 15 is 0 Å². The van der Waals surface area contributed by atoms with Crippen LogP contribution in [0.2, 0.25) is 4.34 Å². The van der Waals surface area contributed by atoms with Crippen LogP contribution in [0.5, 0.6) is 5.75 Å². The van der Waals surface area contributed by atoms with Crippen molar-refractivity contribution < 1.29 is 27.5 Å². The molecule has 0 aliphatic carbocycles. The minimum absolute atomic E-state index is 0.138. The second-order valence-electron chi connectivity index (χ2n) is 8.14. The highest BCUT2D eigenvalue weighted by Gasteiger charge is 2.40. The first-order chi connectivity index (χ1) is 17.3. The minimum Gasteiger partial charge on any atom is -0.488 e. The van der Waals surface area contributed by atoms with Crippen LogP contribution < -0.4 is 10.1 Å². The predicted octanol–water partition coefficient (Wildman–Crippen LogP) is 4.24. The molecule has 1 N–H and O–H groups in total. The van der Waals surface area contributed by atoms with Gasteiger partial charge in [0.2, 0.25) is 5.91 Å². The van der Waals surface area contributed by atoms with Gasteiger partial charge in [-0.1, -0.05) is 48.0 Å². The number of carbonyl (C=O) groups is 2. The Hall–Kier alpha value is -2.92. The van der Waals surface area contributed by atoms with E-state index in [1.54, 1.807) is 24.3 Å². The zero-order chi connectivity index (χ0) is 25.7. The van der Waals surface area contributed by atoms with Crippen LogP contribution in [0, 0.1) is 0 Å². The fraction of sp³-hybridized carbons (Fsp3) is 0.280. The fourth-order valence-corrected chi connectivity index (χ4v) is 7.20. The van der Waals surface area contributed by atoms with Crippen molar-refractivity contribution in [2.75, 3.05) is 13.7 Å². The van der Waals surface area contributed by atoms with E-state index in [1.807, 2.05) is 24.3 Å². The molecule has 1 aliphatic rings. The average Bonchev–Trinajstić information content (AvgIpc) is 3.57. The van der Waals surface area contributed by atoms with Crippen LogP contribution in [0.15, 0.2) is 64.9 Å². The van der Waals surface area contributed by atoms with Crippen LogP contribution in [0.25, 0.3) is 0 Å². The number of methoxy groups -OCH3 is 1. The quantitative estimate of drug-likeness (QED) is 0.401. The summed E-state index contributed by atoms with van der Waals surface area (Å²) < 4.78 is 38.3. The van der Waals surface area contributed by atoms with Crippen molar-refractivity contribution in [3.63, 3.8) is 0 Å². The van der Waals surface area contributed by atoms with Crippen LogP contribution in [-0.2, 0) is 32.7 Å². The molecule has 1 aliphatic heterocycles. The Labute approximate surface area is 218 Å². The molecule has 1 amide bonds. The Kier molecular flexibility index (Phi) is 8.30. The summed E-state index contributed by atoms with van der Waals surface area (Å²) >= 11 is 6.89. The van der Waals surface area contributed by atoms with Gasteiger partial charge in [0.25, 0.3) is 10.0 Å². The van der Waals surface area contributed by atoms with Crippen molar-refractivity contribution in [1.82, 2.24) is 9.62 Å². The van der Waals surface area contributed by atoms with Crippen molar-refractivity contribution in [3.05, 3.63) is 81.7 Å².